The first-order valence-corrected chi connectivity index (χ1v) is 6.18. The zero-order valence-electron chi connectivity index (χ0n) is 9.12. The van der Waals surface area contributed by atoms with E-state index in [2.05, 4.69) is 12.2 Å². The van der Waals surface area contributed by atoms with Crippen LogP contribution >= 0.6 is 11.3 Å². The van der Waals surface area contributed by atoms with E-state index in [-0.39, 0.29) is 5.91 Å². The van der Waals surface area contributed by atoms with Crippen molar-refractivity contribution in [3.05, 3.63) is 21.9 Å². The third kappa shape index (κ3) is 2.21. The average Bonchev–Trinajstić information content (AvgIpc) is 2.63. The minimum absolute atomic E-state index is 0.183. The Morgan fingerprint density at radius 3 is 3.00 bits per heavy atom. The fraction of sp³-hybridized carbons (Fsp3) is 0.545. The van der Waals surface area contributed by atoms with E-state index in [0.717, 1.165) is 30.8 Å². The second-order valence-corrected chi connectivity index (χ2v) is 4.82. The number of hydrogen-bond donors (Lipinski definition) is 1. The normalized spacial score (nSPS) is 21.7. The van der Waals surface area contributed by atoms with Crippen LogP contribution in [0.1, 0.15) is 22.8 Å². The SMILES string of the molecule is Cc1cscc1C(=O)N1CCN[C@@H](C)C1. The summed E-state index contributed by atoms with van der Waals surface area (Å²) in [7, 11) is 0. The molecule has 0 unspecified atom stereocenters. The van der Waals surface area contributed by atoms with Crippen LogP contribution in [-0.4, -0.2) is 36.5 Å². The molecular weight excluding hydrogens is 208 g/mol. The number of carbonyl (C=O) groups is 1. The van der Waals surface area contributed by atoms with Gasteiger partial charge in [0.2, 0.25) is 0 Å². The van der Waals surface area contributed by atoms with E-state index in [0.29, 0.717) is 6.04 Å². The predicted octanol–water partition coefficient (Wildman–Crippen LogP) is 1.49. The Kier molecular flexibility index (Phi) is 3.07. The molecule has 1 amide bonds. The van der Waals surface area contributed by atoms with Gasteiger partial charge in [-0.05, 0) is 24.8 Å². The Labute approximate surface area is 94.1 Å². The minimum atomic E-state index is 0.183. The van der Waals surface area contributed by atoms with Crippen molar-refractivity contribution in [2.75, 3.05) is 19.6 Å². The first kappa shape index (κ1) is 10.6. The molecule has 1 saturated heterocycles. The molecule has 4 heteroatoms. The van der Waals surface area contributed by atoms with E-state index in [1.807, 2.05) is 22.6 Å². The number of thiophene rings is 1. The van der Waals surface area contributed by atoms with Gasteiger partial charge in [0.05, 0.1) is 5.56 Å². The molecule has 1 fully saturated rings. The van der Waals surface area contributed by atoms with Crippen LogP contribution in [0.2, 0.25) is 0 Å². The Morgan fingerprint density at radius 1 is 1.60 bits per heavy atom. The molecular formula is C11H16N2OS. The Hall–Kier alpha value is -0.870. The van der Waals surface area contributed by atoms with Crippen LogP contribution in [0.25, 0.3) is 0 Å². The molecule has 2 rings (SSSR count). The lowest BCUT2D eigenvalue weighted by atomic mass is 10.1. The van der Waals surface area contributed by atoms with Gasteiger partial charge in [0, 0.05) is 31.1 Å². The lowest BCUT2D eigenvalue weighted by Gasteiger charge is -2.31. The molecule has 3 nitrogen and oxygen atoms in total. The second kappa shape index (κ2) is 4.33. The molecule has 0 radical (unpaired) electrons. The van der Waals surface area contributed by atoms with Crippen molar-refractivity contribution in [2.45, 2.75) is 19.9 Å². The summed E-state index contributed by atoms with van der Waals surface area (Å²) >= 11 is 1.60. The molecule has 0 spiro atoms. The van der Waals surface area contributed by atoms with E-state index in [1.54, 1.807) is 11.3 Å². The molecule has 15 heavy (non-hydrogen) atoms. The highest BCUT2D eigenvalue weighted by atomic mass is 32.1. The number of nitrogens with one attached hydrogen (secondary N) is 1. The van der Waals surface area contributed by atoms with Crippen molar-refractivity contribution in [1.29, 1.82) is 0 Å². The fourth-order valence-corrected chi connectivity index (χ4v) is 2.69. The Morgan fingerprint density at radius 2 is 2.40 bits per heavy atom. The molecule has 0 aromatic carbocycles. The van der Waals surface area contributed by atoms with Gasteiger partial charge in [-0.1, -0.05) is 0 Å². The van der Waals surface area contributed by atoms with Gasteiger partial charge in [0.1, 0.15) is 0 Å². The van der Waals surface area contributed by atoms with Gasteiger partial charge < -0.3 is 10.2 Å². The first-order valence-electron chi connectivity index (χ1n) is 5.24. The molecule has 0 saturated carbocycles. The van der Waals surface area contributed by atoms with Crippen LogP contribution < -0.4 is 5.32 Å². The van der Waals surface area contributed by atoms with Gasteiger partial charge >= 0.3 is 0 Å². The molecule has 1 aliphatic heterocycles. The zero-order valence-corrected chi connectivity index (χ0v) is 9.93. The van der Waals surface area contributed by atoms with E-state index in [4.69, 9.17) is 0 Å². The third-order valence-electron chi connectivity index (χ3n) is 2.74. The van der Waals surface area contributed by atoms with Crippen LogP contribution in [0.5, 0.6) is 0 Å². The number of aryl methyl sites for hydroxylation is 1. The summed E-state index contributed by atoms with van der Waals surface area (Å²) < 4.78 is 0. The van der Waals surface area contributed by atoms with Crippen LogP contribution in [0.15, 0.2) is 10.8 Å². The number of amides is 1. The minimum Gasteiger partial charge on any atom is -0.336 e. The largest absolute Gasteiger partial charge is 0.336 e. The van der Waals surface area contributed by atoms with Crippen molar-refractivity contribution in [3.8, 4) is 0 Å². The lowest BCUT2D eigenvalue weighted by Crippen LogP contribution is -2.51. The van der Waals surface area contributed by atoms with Crippen molar-refractivity contribution in [3.63, 3.8) is 0 Å². The molecule has 0 aliphatic carbocycles. The third-order valence-corrected chi connectivity index (χ3v) is 3.60. The van der Waals surface area contributed by atoms with Crippen molar-refractivity contribution in [2.24, 2.45) is 0 Å². The maximum Gasteiger partial charge on any atom is 0.255 e. The summed E-state index contributed by atoms with van der Waals surface area (Å²) in [4.78, 5) is 14.1. The highest BCUT2D eigenvalue weighted by Crippen LogP contribution is 2.16. The molecule has 2 heterocycles. The first-order chi connectivity index (χ1) is 7.18. The standard InChI is InChI=1S/C11H16N2OS/c1-8-6-15-7-10(8)11(14)13-4-3-12-9(2)5-13/h6-7,9,12H,3-5H2,1-2H3/t9-/m0/s1. The van der Waals surface area contributed by atoms with E-state index >= 15 is 0 Å². The van der Waals surface area contributed by atoms with Gasteiger partial charge in [0.25, 0.3) is 5.91 Å². The van der Waals surface area contributed by atoms with E-state index < -0.39 is 0 Å². The number of hydrogen-bond acceptors (Lipinski definition) is 3. The van der Waals surface area contributed by atoms with Gasteiger partial charge in [-0.15, -0.1) is 0 Å². The summed E-state index contributed by atoms with van der Waals surface area (Å²) in [5.41, 5.74) is 1.96. The van der Waals surface area contributed by atoms with E-state index in [1.165, 1.54) is 0 Å². The van der Waals surface area contributed by atoms with Crippen LogP contribution in [0.4, 0.5) is 0 Å². The van der Waals surface area contributed by atoms with Crippen molar-refractivity contribution >= 4 is 17.2 Å². The number of piperazine rings is 1. The second-order valence-electron chi connectivity index (χ2n) is 4.07. The Balaban J connectivity index is 2.11. The monoisotopic (exact) mass is 224 g/mol. The predicted molar refractivity (Wildman–Crippen MR) is 62.4 cm³/mol. The van der Waals surface area contributed by atoms with Crippen LogP contribution in [-0.2, 0) is 0 Å². The quantitative estimate of drug-likeness (QED) is 0.784. The average molecular weight is 224 g/mol. The molecule has 1 N–H and O–H groups in total. The smallest absolute Gasteiger partial charge is 0.255 e. The van der Waals surface area contributed by atoms with Gasteiger partial charge in [-0.3, -0.25) is 4.79 Å². The highest BCUT2D eigenvalue weighted by Gasteiger charge is 2.22. The van der Waals surface area contributed by atoms with E-state index in [9.17, 15) is 4.79 Å². The number of carbonyl (C=O) groups excluding carboxylic acids is 1. The van der Waals surface area contributed by atoms with Crippen LogP contribution in [0, 0.1) is 6.92 Å². The highest BCUT2D eigenvalue weighted by molar-refractivity contribution is 7.08. The summed E-state index contributed by atoms with van der Waals surface area (Å²) in [6.45, 7) is 6.64. The van der Waals surface area contributed by atoms with Crippen molar-refractivity contribution in [1.82, 2.24) is 10.2 Å². The lowest BCUT2D eigenvalue weighted by molar-refractivity contribution is 0.0709. The molecule has 82 valence electrons. The molecule has 1 atom stereocenters. The molecule has 1 aromatic heterocycles. The molecule has 0 bridgehead atoms. The zero-order chi connectivity index (χ0) is 10.8. The summed E-state index contributed by atoms with van der Waals surface area (Å²) in [6.07, 6.45) is 0. The molecule has 1 aromatic rings. The summed E-state index contributed by atoms with van der Waals surface area (Å²) in [6, 6.07) is 0.404. The Bertz CT molecular complexity index is 361. The molecule has 1 aliphatic rings. The van der Waals surface area contributed by atoms with Gasteiger partial charge in [0.15, 0.2) is 0 Å². The fourth-order valence-electron chi connectivity index (χ4n) is 1.87. The van der Waals surface area contributed by atoms with Gasteiger partial charge in [-0.25, -0.2) is 0 Å². The summed E-state index contributed by atoms with van der Waals surface area (Å²) in [5, 5.41) is 7.31. The maximum atomic E-state index is 12.1. The number of rotatable bonds is 1. The van der Waals surface area contributed by atoms with Crippen LogP contribution in [0.3, 0.4) is 0 Å². The maximum absolute atomic E-state index is 12.1. The number of nitrogens with zero attached hydrogens (tertiary/aromatic N) is 1. The summed E-state index contributed by atoms with van der Waals surface area (Å²) in [5.74, 6) is 0.183. The van der Waals surface area contributed by atoms with Crippen molar-refractivity contribution < 1.29 is 4.79 Å². The topological polar surface area (TPSA) is 32.3 Å². The van der Waals surface area contributed by atoms with Gasteiger partial charge in [-0.2, -0.15) is 11.3 Å².